The van der Waals surface area contributed by atoms with Crippen LogP contribution in [-0.2, 0) is 6.54 Å². The van der Waals surface area contributed by atoms with Gasteiger partial charge in [0.05, 0.1) is 5.69 Å². The Morgan fingerprint density at radius 2 is 2.10 bits per heavy atom. The molecule has 2 unspecified atom stereocenters. The average molecular weight is 269 g/mol. The maximum Gasteiger partial charge on any atom is 0.136 e. The molecule has 0 radical (unpaired) electrons. The smallest absolute Gasteiger partial charge is 0.136 e. The number of benzene rings is 1. The highest BCUT2D eigenvalue weighted by atomic mass is 15.2. The van der Waals surface area contributed by atoms with Crippen LogP contribution in [0.1, 0.15) is 19.0 Å². The first-order valence-corrected chi connectivity index (χ1v) is 7.43. The number of hydrogen-bond acceptors (Lipinski definition) is 3. The zero-order chi connectivity index (χ0) is 14.1. The molecular formula is C17H23N3. The Hall–Kier alpha value is -1.61. The lowest BCUT2D eigenvalue weighted by Gasteiger charge is -2.21. The van der Waals surface area contributed by atoms with Crippen LogP contribution in [0.3, 0.4) is 0 Å². The van der Waals surface area contributed by atoms with Gasteiger partial charge >= 0.3 is 0 Å². The molecule has 1 fully saturated rings. The molecule has 0 saturated heterocycles. The lowest BCUT2D eigenvalue weighted by atomic mass is 10.1. The van der Waals surface area contributed by atoms with Crippen molar-refractivity contribution in [2.75, 3.05) is 25.5 Å². The van der Waals surface area contributed by atoms with Crippen LogP contribution in [-0.4, -0.2) is 25.6 Å². The highest BCUT2D eigenvalue weighted by Crippen LogP contribution is 2.39. The number of anilines is 1. The van der Waals surface area contributed by atoms with Gasteiger partial charge in [-0.25, -0.2) is 4.98 Å². The number of nitrogens with zero attached hydrogens (tertiary/aromatic N) is 2. The van der Waals surface area contributed by atoms with E-state index in [1.165, 1.54) is 17.2 Å². The Kier molecular flexibility index (Phi) is 3.62. The van der Waals surface area contributed by atoms with E-state index < -0.39 is 0 Å². The molecule has 2 atom stereocenters. The summed E-state index contributed by atoms with van der Waals surface area (Å²) in [6, 6.07) is 10.7. The van der Waals surface area contributed by atoms with Gasteiger partial charge in [-0.1, -0.05) is 31.2 Å². The number of rotatable bonds is 5. The summed E-state index contributed by atoms with van der Waals surface area (Å²) in [5.74, 6) is 2.84. The van der Waals surface area contributed by atoms with Crippen molar-refractivity contribution < 1.29 is 0 Å². The second kappa shape index (κ2) is 5.41. The van der Waals surface area contributed by atoms with E-state index in [0.29, 0.717) is 0 Å². The molecule has 3 nitrogen and oxygen atoms in total. The Morgan fingerprint density at radius 1 is 1.35 bits per heavy atom. The predicted octanol–water partition coefficient (Wildman–Crippen LogP) is 3.05. The van der Waals surface area contributed by atoms with E-state index in [4.69, 9.17) is 4.98 Å². The van der Waals surface area contributed by atoms with Crippen molar-refractivity contribution in [2.24, 2.45) is 11.8 Å². The van der Waals surface area contributed by atoms with Gasteiger partial charge in [-0.3, -0.25) is 0 Å². The molecule has 1 aliphatic carbocycles. The Bertz CT molecular complexity index is 608. The lowest BCUT2D eigenvalue weighted by molar-refractivity contribution is 0.717. The first-order valence-electron chi connectivity index (χ1n) is 7.43. The molecule has 1 heterocycles. The van der Waals surface area contributed by atoms with Crippen LogP contribution in [0.5, 0.6) is 0 Å². The third kappa shape index (κ3) is 2.63. The number of nitrogens with one attached hydrogen (secondary N) is 1. The molecule has 0 amide bonds. The van der Waals surface area contributed by atoms with Crippen molar-refractivity contribution in [3.05, 3.63) is 36.0 Å². The third-order valence-electron chi connectivity index (χ3n) is 4.28. The third-order valence-corrected chi connectivity index (χ3v) is 4.28. The van der Waals surface area contributed by atoms with Gasteiger partial charge in [0.25, 0.3) is 0 Å². The molecule has 1 saturated carbocycles. The molecule has 1 aliphatic rings. The molecule has 1 aromatic heterocycles. The summed E-state index contributed by atoms with van der Waals surface area (Å²) in [6.45, 7) is 4.26. The second-order valence-electron chi connectivity index (χ2n) is 6.04. The van der Waals surface area contributed by atoms with Crippen LogP contribution in [0.4, 0.5) is 5.82 Å². The van der Waals surface area contributed by atoms with Crippen molar-refractivity contribution >= 4 is 16.6 Å². The highest BCUT2D eigenvalue weighted by Gasteiger charge is 2.33. The molecule has 3 heteroatoms. The van der Waals surface area contributed by atoms with Crippen LogP contribution >= 0.6 is 0 Å². The molecule has 106 valence electrons. The van der Waals surface area contributed by atoms with Crippen molar-refractivity contribution in [1.82, 2.24) is 10.3 Å². The Balaban J connectivity index is 1.97. The van der Waals surface area contributed by atoms with Crippen LogP contribution in [0.2, 0.25) is 0 Å². The summed E-state index contributed by atoms with van der Waals surface area (Å²) in [5.41, 5.74) is 1.11. The lowest BCUT2D eigenvalue weighted by Crippen LogP contribution is -2.22. The molecule has 1 N–H and O–H groups in total. The number of hydrogen-bond donors (Lipinski definition) is 1. The topological polar surface area (TPSA) is 28.2 Å². The summed E-state index contributed by atoms with van der Waals surface area (Å²) in [4.78, 5) is 7.19. The maximum atomic E-state index is 4.86. The van der Waals surface area contributed by atoms with Gasteiger partial charge in [-0.05, 0) is 36.8 Å². The minimum Gasteiger partial charge on any atom is -0.359 e. The summed E-state index contributed by atoms with van der Waals surface area (Å²) in [7, 11) is 4.13. The van der Waals surface area contributed by atoms with Gasteiger partial charge < -0.3 is 10.2 Å². The standard InChI is InChI=1S/C17H23N3/c1-12-8-14(12)11-20(3)17-16-7-5-4-6-13(16)9-15(19-17)10-18-2/h4-7,9,12,14,18H,8,10-11H2,1-3H3. The van der Waals surface area contributed by atoms with Gasteiger partial charge in [-0.2, -0.15) is 0 Å². The van der Waals surface area contributed by atoms with Crippen LogP contribution in [0, 0.1) is 11.8 Å². The number of pyridine rings is 1. The minimum absolute atomic E-state index is 0.811. The molecule has 1 aromatic carbocycles. The first kappa shape index (κ1) is 13.4. The fourth-order valence-electron chi connectivity index (χ4n) is 2.89. The summed E-state index contributed by atoms with van der Waals surface area (Å²) in [5, 5.41) is 5.72. The summed E-state index contributed by atoms with van der Waals surface area (Å²) >= 11 is 0. The molecular weight excluding hydrogens is 246 g/mol. The first-order chi connectivity index (χ1) is 9.69. The normalized spacial score (nSPS) is 21.1. The zero-order valence-corrected chi connectivity index (χ0v) is 12.6. The minimum atomic E-state index is 0.811. The molecule has 0 aliphatic heterocycles. The van der Waals surface area contributed by atoms with Crippen molar-refractivity contribution in [2.45, 2.75) is 19.9 Å². The second-order valence-corrected chi connectivity index (χ2v) is 6.04. The van der Waals surface area contributed by atoms with Crippen LogP contribution in [0.25, 0.3) is 10.8 Å². The van der Waals surface area contributed by atoms with Gasteiger partial charge in [-0.15, -0.1) is 0 Å². The van der Waals surface area contributed by atoms with E-state index in [1.54, 1.807) is 0 Å². The Morgan fingerprint density at radius 3 is 2.80 bits per heavy atom. The molecule has 20 heavy (non-hydrogen) atoms. The van der Waals surface area contributed by atoms with E-state index in [2.05, 4.69) is 54.5 Å². The maximum absolute atomic E-state index is 4.86. The van der Waals surface area contributed by atoms with Crippen LogP contribution < -0.4 is 10.2 Å². The Labute approximate surface area is 121 Å². The van der Waals surface area contributed by atoms with Gasteiger partial charge in [0.15, 0.2) is 0 Å². The van der Waals surface area contributed by atoms with Crippen LogP contribution in [0.15, 0.2) is 30.3 Å². The summed E-state index contributed by atoms with van der Waals surface area (Å²) in [6.07, 6.45) is 1.36. The van der Waals surface area contributed by atoms with Crippen molar-refractivity contribution in [3.63, 3.8) is 0 Å². The predicted molar refractivity (Wildman–Crippen MR) is 85.0 cm³/mol. The fourth-order valence-corrected chi connectivity index (χ4v) is 2.89. The molecule has 2 aromatic rings. The molecule has 3 rings (SSSR count). The van der Waals surface area contributed by atoms with Gasteiger partial charge in [0.1, 0.15) is 5.82 Å². The fraction of sp³-hybridized carbons (Fsp3) is 0.471. The largest absolute Gasteiger partial charge is 0.359 e. The average Bonchev–Trinajstić information content (AvgIpc) is 3.13. The number of aromatic nitrogens is 1. The number of fused-ring (bicyclic) bond motifs is 1. The highest BCUT2D eigenvalue weighted by molar-refractivity contribution is 5.92. The molecule has 0 spiro atoms. The van der Waals surface area contributed by atoms with E-state index in [9.17, 15) is 0 Å². The quantitative estimate of drug-likeness (QED) is 0.904. The van der Waals surface area contributed by atoms with E-state index >= 15 is 0 Å². The monoisotopic (exact) mass is 269 g/mol. The summed E-state index contributed by atoms with van der Waals surface area (Å²) < 4.78 is 0. The van der Waals surface area contributed by atoms with Crippen molar-refractivity contribution in [3.8, 4) is 0 Å². The van der Waals surface area contributed by atoms with E-state index in [1.807, 2.05) is 7.05 Å². The van der Waals surface area contributed by atoms with E-state index in [-0.39, 0.29) is 0 Å². The molecule has 0 bridgehead atoms. The van der Waals surface area contributed by atoms with Crippen molar-refractivity contribution in [1.29, 1.82) is 0 Å². The zero-order valence-electron chi connectivity index (χ0n) is 12.6. The SMILES string of the molecule is CNCc1cc2ccccc2c(N(C)CC2CC2C)n1. The van der Waals surface area contributed by atoms with E-state index in [0.717, 1.165) is 36.4 Å². The van der Waals surface area contributed by atoms with Gasteiger partial charge in [0, 0.05) is 25.5 Å². The van der Waals surface area contributed by atoms with Gasteiger partial charge in [0.2, 0.25) is 0 Å².